The molecular formula is C18H26N2O. The molecule has 2 saturated heterocycles. The predicted octanol–water partition coefficient (Wildman–Crippen LogP) is 2.47. The van der Waals surface area contributed by atoms with Crippen molar-refractivity contribution < 1.29 is 4.79 Å². The van der Waals surface area contributed by atoms with Gasteiger partial charge < -0.3 is 10.2 Å². The summed E-state index contributed by atoms with van der Waals surface area (Å²) >= 11 is 0. The first-order valence-electron chi connectivity index (χ1n) is 8.31. The van der Waals surface area contributed by atoms with Gasteiger partial charge in [0, 0.05) is 19.1 Å². The largest absolute Gasteiger partial charge is 0.339 e. The zero-order valence-electron chi connectivity index (χ0n) is 12.9. The van der Waals surface area contributed by atoms with Gasteiger partial charge in [-0.05, 0) is 50.6 Å². The van der Waals surface area contributed by atoms with Crippen molar-refractivity contribution in [1.82, 2.24) is 10.2 Å². The Hall–Kier alpha value is -1.35. The first-order chi connectivity index (χ1) is 10.3. The standard InChI is InChI=1S/C18H26N2O/c1-14-16(12-15-6-3-2-4-7-15)9-11-20(14)18(21)17-8-5-10-19-13-17/h2-4,6-7,14,16-17,19H,5,8-13H2,1H3/t14-,16+,17-/m1/s1. The first-order valence-corrected chi connectivity index (χ1v) is 8.31. The second-order valence-corrected chi connectivity index (χ2v) is 6.55. The Labute approximate surface area is 127 Å². The number of amides is 1. The van der Waals surface area contributed by atoms with Crippen LogP contribution in [-0.2, 0) is 11.2 Å². The number of nitrogens with zero attached hydrogens (tertiary/aromatic N) is 1. The van der Waals surface area contributed by atoms with Gasteiger partial charge in [-0.25, -0.2) is 0 Å². The fraction of sp³-hybridized carbons (Fsp3) is 0.611. The third kappa shape index (κ3) is 3.29. The Bertz CT molecular complexity index is 467. The molecule has 0 bridgehead atoms. The molecule has 2 heterocycles. The first kappa shape index (κ1) is 14.6. The van der Waals surface area contributed by atoms with Gasteiger partial charge >= 0.3 is 0 Å². The second-order valence-electron chi connectivity index (χ2n) is 6.55. The molecule has 0 radical (unpaired) electrons. The van der Waals surface area contributed by atoms with Crippen molar-refractivity contribution in [3.8, 4) is 0 Å². The van der Waals surface area contributed by atoms with Gasteiger partial charge in [0.05, 0.1) is 5.92 Å². The lowest BCUT2D eigenvalue weighted by Gasteiger charge is -2.31. The van der Waals surface area contributed by atoms with E-state index in [2.05, 4.69) is 47.5 Å². The van der Waals surface area contributed by atoms with Crippen molar-refractivity contribution in [2.45, 2.75) is 38.6 Å². The van der Waals surface area contributed by atoms with Crippen LogP contribution in [-0.4, -0.2) is 36.5 Å². The molecule has 1 amide bonds. The molecular weight excluding hydrogens is 260 g/mol. The second kappa shape index (κ2) is 6.61. The van der Waals surface area contributed by atoms with E-state index in [0.29, 0.717) is 17.9 Å². The van der Waals surface area contributed by atoms with Crippen LogP contribution in [0.15, 0.2) is 30.3 Å². The Morgan fingerprint density at radius 1 is 1.29 bits per heavy atom. The average Bonchev–Trinajstić information content (AvgIpc) is 2.89. The lowest BCUT2D eigenvalue weighted by Crippen LogP contribution is -2.45. The number of nitrogens with one attached hydrogen (secondary N) is 1. The van der Waals surface area contributed by atoms with E-state index in [1.165, 1.54) is 5.56 Å². The van der Waals surface area contributed by atoms with Crippen LogP contribution >= 0.6 is 0 Å². The molecule has 2 aliphatic rings. The summed E-state index contributed by atoms with van der Waals surface area (Å²) in [6, 6.07) is 11.0. The number of carbonyl (C=O) groups excluding carboxylic acids is 1. The summed E-state index contributed by atoms with van der Waals surface area (Å²) in [5.74, 6) is 1.19. The molecule has 114 valence electrons. The van der Waals surface area contributed by atoms with Crippen LogP contribution in [0, 0.1) is 11.8 Å². The molecule has 3 nitrogen and oxygen atoms in total. The number of piperidine rings is 1. The van der Waals surface area contributed by atoms with Crippen molar-refractivity contribution in [2.24, 2.45) is 11.8 Å². The summed E-state index contributed by atoms with van der Waals surface area (Å²) in [4.78, 5) is 14.8. The van der Waals surface area contributed by atoms with Gasteiger partial charge in [0.15, 0.2) is 0 Å². The summed E-state index contributed by atoms with van der Waals surface area (Å²) in [5.41, 5.74) is 1.39. The van der Waals surface area contributed by atoms with Crippen LogP contribution in [0.2, 0.25) is 0 Å². The van der Waals surface area contributed by atoms with Crippen LogP contribution in [0.25, 0.3) is 0 Å². The van der Waals surface area contributed by atoms with E-state index in [0.717, 1.165) is 45.3 Å². The van der Waals surface area contributed by atoms with Crippen molar-refractivity contribution in [1.29, 1.82) is 0 Å². The normalized spacial score (nSPS) is 29.6. The van der Waals surface area contributed by atoms with Gasteiger partial charge in [0.1, 0.15) is 0 Å². The predicted molar refractivity (Wildman–Crippen MR) is 85.0 cm³/mol. The smallest absolute Gasteiger partial charge is 0.227 e. The maximum absolute atomic E-state index is 12.7. The average molecular weight is 286 g/mol. The van der Waals surface area contributed by atoms with Gasteiger partial charge in [0.25, 0.3) is 0 Å². The fourth-order valence-electron chi connectivity index (χ4n) is 3.80. The maximum Gasteiger partial charge on any atom is 0.227 e. The van der Waals surface area contributed by atoms with E-state index in [1.54, 1.807) is 0 Å². The van der Waals surface area contributed by atoms with Gasteiger partial charge in [0.2, 0.25) is 5.91 Å². The van der Waals surface area contributed by atoms with Crippen LogP contribution in [0.1, 0.15) is 31.7 Å². The third-order valence-electron chi connectivity index (χ3n) is 5.18. The highest BCUT2D eigenvalue weighted by Gasteiger charge is 2.36. The molecule has 2 fully saturated rings. The zero-order chi connectivity index (χ0) is 14.7. The van der Waals surface area contributed by atoms with Gasteiger partial charge in [-0.2, -0.15) is 0 Å². The number of benzene rings is 1. The molecule has 0 unspecified atom stereocenters. The fourth-order valence-corrected chi connectivity index (χ4v) is 3.80. The molecule has 1 aromatic carbocycles. The minimum atomic E-state index is 0.205. The van der Waals surface area contributed by atoms with Crippen LogP contribution in [0.5, 0.6) is 0 Å². The number of hydrogen-bond acceptors (Lipinski definition) is 2. The lowest BCUT2D eigenvalue weighted by atomic mass is 9.92. The molecule has 3 atom stereocenters. The molecule has 0 aliphatic carbocycles. The SMILES string of the molecule is C[C@@H]1[C@H](Cc2ccccc2)CCN1C(=O)[C@@H]1CCCNC1. The van der Waals surface area contributed by atoms with Crippen molar-refractivity contribution >= 4 is 5.91 Å². The molecule has 21 heavy (non-hydrogen) atoms. The summed E-state index contributed by atoms with van der Waals surface area (Å²) in [5, 5.41) is 3.36. The summed E-state index contributed by atoms with van der Waals surface area (Å²) in [6.45, 7) is 5.10. The molecule has 1 aromatic rings. The lowest BCUT2D eigenvalue weighted by molar-refractivity contribution is -0.136. The maximum atomic E-state index is 12.7. The molecule has 2 aliphatic heterocycles. The van der Waals surface area contributed by atoms with E-state index in [9.17, 15) is 4.79 Å². The molecule has 3 rings (SSSR count). The van der Waals surface area contributed by atoms with E-state index in [4.69, 9.17) is 0 Å². The van der Waals surface area contributed by atoms with E-state index in [1.807, 2.05) is 0 Å². The minimum Gasteiger partial charge on any atom is -0.339 e. The zero-order valence-corrected chi connectivity index (χ0v) is 12.9. The van der Waals surface area contributed by atoms with Gasteiger partial charge in [-0.15, -0.1) is 0 Å². The minimum absolute atomic E-state index is 0.205. The monoisotopic (exact) mass is 286 g/mol. The van der Waals surface area contributed by atoms with Gasteiger partial charge in [-0.1, -0.05) is 30.3 Å². The molecule has 1 N–H and O–H groups in total. The van der Waals surface area contributed by atoms with Crippen molar-refractivity contribution in [3.63, 3.8) is 0 Å². The summed E-state index contributed by atoms with van der Waals surface area (Å²) in [7, 11) is 0. The quantitative estimate of drug-likeness (QED) is 0.926. The third-order valence-corrected chi connectivity index (χ3v) is 5.18. The highest BCUT2D eigenvalue weighted by molar-refractivity contribution is 5.79. The van der Waals surface area contributed by atoms with Gasteiger partial charge in [-0.3, -0.25) is 4.79 Å². The van der Waals surface area contributed by atoms with E-state index in [-0.39, 0.29) is 5.92 Å². The van der Waals surface area contributed by atoms with Crippen molar-refractivity contribution in [2.75, 3.05) is 19.6 Å². The molecule has 0 spiro atoms. The summed E-state index contributed by atoms with van der Waals surface area (Å²) < 4.78 is 0. The Morgan fingerprint density at radius 3 is 2.81 bits per heavy atom. The molecule has 0 aromatic heterocycles. The topological polar surface area (TPSA) is 32.3 Å². The Balaban J connectivity index is 1.60. The highest BCUT2D eigenvalue weighted by Crippen LogP contribution is 2.29. The number of hydrogen-bond donors (Lipinski definition) is 1. The van der Waals surface area contributed by atoms with Crippen molar-refractivity contribution in [3.05, 3.63) is 35.9 Å². The number of rotatable bonds is 3. The Kier molecular flexibility index (Phi) is 4.59. The van der Waals surface area contributed by atoms with E-state index >= 15 is 0 Å². The van der Waals surface area contributed by atoms with E-state index < -0.39 is 0 Å². The summed E-state index contributed by atoms with van der Waals surface area (Å²) in [6.07, 6.45) is 4.42. The number of carbonyl (C=O) groups is 1. The number of likely N-dealkylation sites (tertiary alicyclic amines) is 1. The van der Waals surface area contributed by atoms with Crippen LogP contribution in [0.3, 0.4) is 0 Å². The Morgan fingerprint density at radius 2 is 2.10 bits per heavy atom. The van der Waals surface area contributed by atoms with Crippen LogP contribution < -0.4 is 5.32 Å². The molecule has 3 heteroatoms. The molecule has 0 saturated carbocycles. The van der Waals surface area contributed by atoms with Crippen LogP contribution in [0.4, 0.5) is 0 Å². The highest BCUT2D eigenvalue weighted by atomic mass is 16.2.